The minimum atomic E-state index is -1.08. The van der Waals surface area contributed by atoms with Crippen LogP contribution in [0.5, 0.6) is 0 Å². The molecule has 104 valence electrons. The zero-order valence-electron chi connectivity index (χ0n) is 11.5. The van der Waals surface area contributed by atoms with E-state index in [1.807, 2.05) is 0 Å². The number of aromatic carboxylic acids is 1. The van der Waals surface area contributed by atoms with Gasteiger partial charge in [0.25, 0.3) is 0 Å². The van der Waals surface area contributed by atoms with Crippen molar-refractivity contribution in [2.75, 3.05) is 18.0 Å². The van der Waals surface area contributed by atoms with Crippen LogP contribution in [0.3, 0.4) is 0 Å². The van der Waals surface area contributed by atoms with Gasteiger partial charge in [0.2, 0.25) is 0 Å². The zero-order chi connectivity index (χ0) is 14.2. The van der Waals surface area contributed by atoms with Crippen molar-refractivity contribution in [2.24, 2.45) is 11.3 Å². The fourth-order valence-corrected chi connectivity index (χ4v) is 2.62. The molecule has 2 heterocycles. The van der Waals surface area contributed by atoms with Crippen molar-refractivity contribution >= 4 is 23.4 Å². The molecule has 0 aromatic carbocycles. The van der Waals surface area contributed by atoms with E-state index in [-0.39, 0.29) is 16.1 Å². The van der Waals surface area contributed by atoms with Crippen LogP contribution in [0.2, 0.25) is 5.02 Å². The number of anilines is 1. The Morgan fingerprint density at radius 2 is 2.16 bits per heavy atom. The monoisotopic (exact) mass is 282 g/mol. The van der Waals surface area contributed by atoms with Gasteiger partial charge in [-0.2, -0.15) is 0 Å². The average molecular weight is 283 g/mol. The maximum absolute atomic E-state index is 11.0. The van der Waals surface area contributed by atoms with Gasteiger partial charge in [0.05, 0.1) is 5.02 Å². The van der Waals surface area contributed by atoms with E-state index in [4.69, 9.17) is 16.7 Å². The quantitative estimate of drug-likeness (QED) is 0.904. The van der Waals surface area contributed by atoms with Crippen LogP contribution in [-0.4, -0.2) is 29.1 Å². The normalized spacial score (nSPS) is 19.8. The maximum Gasteiger partial charge on any atom is 0.356 e. The van der Waals surface area contributed by atoms with Gasteiger partial charge in [-0.1, -0.05) is 32.4 Å². The lowest BCUT2D eigenvalue weighted by Gasteiger charge is -2.27. The van der Waals surface area contributed by atoms with Crippen LogP contribution in [0.15, 0.2) is 12.1 Å². The number of hydrogen-bond donors (Lipinski definition) is 1. The molecule has 1 aromatic heterocycles. The Hall–Kier alpha value is -1.29. The second-order valence-corrected chi connectivity index (χ2v) is 6.51. The van der Waals surface area contributed by atoms with E-state index in [0.717, 1.165) is 19.5 Å². The van der Waals surface area contributed by atoms with Crippen molar-refractivity contribution in [3.8, 4) is 0 Å². The van der Waals surface area contributed by atoms with Crippen molar-refractivity contribution in [3.63, 3.8) is 0 Å². The minimum Gasteiger partial charge on any atom is -0.476 e. The molecule has 0 amide bonds. The fraction of sp³-hybridized carbons (Fsp3) is 0.571. The molecular weight excluding hydrogens is 264 g/mol. The number of carbonyl (C=O) groups is 1. The number of hydrogen-bond acceptors (Lipinski definition) is 3. The summed E-state index contributed by atoms with van der Waals surface area (Å²) in [4.78, 5) is 17.3. The lowest BCUT2D eigenvalue weighted by atomic mass is 9.80. The van der Waals surface area contributed by atoms with Crippen LogP contribution in [-0.2, 0) is 0 Å². The minimum absolute atomic E-state index is 0.0709. The number of rotatable bonds is 2. The van der Waals surface area contributed by atoms with Gasteiger partial charge in [0, 0.05) is 13.1 Å². The SMILES string of the molecule is CC(C)(C)C1CCN(c2ccc(Cl)c(C(=O)O)n2)C1. The molecule has 1 aromatic rings. The van der Waals surface area contributed by atoms with Crippen LogP contribution in [0.25, 0.3) is 0 Å². The van der Waals surface area contributed by atoms with Gasteiger partial charge in [-0.05, 0) is 29.9 Å². The van der Waals surface area contributed by atoms with Crippen LogP contribution < -0.4 is 4.90 Å². The molecule has 1 N–H and O–H groups in total. The van der Waals surface area contributed by atoms with Crippen molar-refractivity contribution < 1.29 is 9.90 Å². The molecule has 1 atom stereocenters. The molecule has 1 fully saturated rings. The van der Waals surface area contributed by atoms with Crippen molar-refractivity contribution in [3.05, 3.63) is 22.8 Å². The smallest absolute Gasteiger partial charge is 0.356 e. The Balaban J connectivity index is 2.20. The Bertz CT molecular complexity index is 497. The number of halogens is 1. The number of aromatic nitrogens is 1. The predicted octanol–water partition coefficient (Wildman–Crippen LogP) is 3.31. The Morgan fingerprint density at radius 1 is 1.47 bits per heavy atom. The molecule has 0 bridgehead atoms. The van der Waals surface area contributed by atoms with Gasteiger partial charge in [0.1, 0.15) is 5.82 Å². The van der Waals surface area contributed by atoms with Gasteiger partial charge in [-0.15, -0.1) is 0 Å². The van der Waals surface area contributed by atoms with E-state index < -0.39 is 5.97 Å². The molecule has 4 nitrogen and oxygen atoms in total. The zero-order valence-corrected chi connectivity index (χ0v) is 12.2. The van der Waals surface area contributed by atoms with E-state index in [2.05, 4.69) is 30.7 Å². The molecule has 0 spiro atoms. The number of carboxylic acids is 1. The summed E-state index contributed by atoms with van der Waals surface area (Å²) in [6.07, 6.45) is 1.11. The summed E-state index contributed by atoms with van der Waals surface area (Å²) in [6, 6.07) is 3.40. The summed E-state index contributed by atoms with van der Waals surface area (Å²) in [5, 5.41) is 9.23. The molecule has 0 saturated carbocycles. The third-order valence-corrected chi connectivity index (χ3v) is 4.08. The summed E-state index contributed by atoms with van der Waals surface area (Å²) >= 11 is 5.84. The fourth-order valence-electron chi connectivity index (χ4n) is 2.43. The van der Waals surface area contributed by atoms with E-state index in [0.29, 0.717) is 11.7 Å². The third kappa shape index (κ3) is 3.00. The van der Waals surface area contributed by atoms with Crippen LogP contribution in [0, 0.1) is 11.3 Å². The number of carboxylic acid groups (broad SMARTS) is 1. The van der Waals surface area contributed by atoms with Crippen molar-refractivity contribution in [1.29, 1.82) is 0 Å². The van der Waals surface area contributed by atoms with Crippen molar-refractivity contribution in [2.45, 2.75) is 27.2 Å². The highest BCUT2D eigenvalue weighted by Gasteiger charge is 2.32. The number of pyridine rings is 1. The second kappa shape index (κ2) is 5.00. The molecule has 1 unspecified atom stereocenters. The lowest BCUT2D eigenvalue weighted by Crippen LogP contribution is -2.26. The molecule has 0 radical (unpaired) electrons. The summed E-state index contributed by atoms with van der Waals surface area (Å²) in [5.41, 5.74) is 0.190. The Morgan fingerprint density at radius 3 is 2.68 bits per heavy atom. The van der Waals surface area contributed by atoms with Crippen LogP contribution in [0.4, 0.5) is 5.82 Å². The molecule has 5 heteroatoms. The van der Waals surface area contributed by atoms with Crippen LogP contribution in [0.1, 0.15) is 37.7 Å². The van der Waals surface area contributed by atoms with Gasteiger partial charge in [-0.25, -0.2) is 9.78 Å². The van der Waals surface area contributed by atoms with Crippen molar-refractivity contribution in [1.82, 2.24) is 4.98 Å². The second-order valence-electron chi connectivity index (χ2n) is 6.10. The van der Waals surface area contributed by atoms with E-state index in [9.17, 15) is 4.79 Å². The molecule has 1 aliphatic rings. The lowest BCUT2D eigenvalue weighted by molar-refractivity contribution is 0.0691. The summed E-state index contributed by atoms with van der Waals surface area (Å²) < 4.78 is 0. The number of nitrogens with zero attached hydrogens (tertiary/aromatic N) is 2. The van der Waals surface area contributed by atoms with E-state index in [1.54, 1.807) is 12.1 Å². The van der Waals surface area contributed by atoms with Gasteiger partial charge in [0.15, 0.2) is 5.69 Å². The molecule has 1 saturated heterocycles. The Kier molecular flexibility index (Phi) is 3.72. The van der Waals surface area contributed by atoms with Gasteiger partial charge < -0.3 is 10.0 Å². The van der Waals surface area contributed by atoms with Crippen LogP contribution >= 0.6 is 11.6 Å². The topological polar surface area (TPSA) is 53.4 Å². The van der Waals surface area contributed by atoms with E-state index >= 15 is 0 Å². The predicted molar refractivity (Wildman–Crippen MR) is 76.0 cm³/mol. The average Bonchev–Trinajstić information content (AvgIpc) is 2.78. The molecule has 1 aliphatic heterocycles. The summed E-state index contributed by atoms with van der Waals surface area (Å²) in [7, 11) is 0. The first-order valence-electron chi connectivity index (χ1n) is 6.44. The van der Waals surface area contributed by atoms with Gasteiger partial charge in [-0.3, -0.25) is 0 Å². The maximum atomic E-state index is 11.0. The molecular formula is C14H19ClN2O2. The largest absolute Gasteiger partial charge is 0.476 e. The Labute approximate surface area is 118 Å². The van der Waals surface area contributed by atoms with Gasteiger partial charge >= 0.3 is 5.97 Å². The highest BCUT2D eigenvalue weighted by Crippen LogP contribution is 2.35. The first-order valence-corrected chi connectivity index (χ1v) is 6.81. The highest BCUT2D eigenvalue weighted by atomic mass is 35.5. The third-order valence-electron chi connectivity index (χ3n) is 3.77. The molecule has 19 heavy (non-hydrogen) atoms. The standard InChI is InChI=1S/C14H19ClN2O2/c1-14(2,3)9-6-7-17(8-9)11-5-4-10(15)12(16-11)13(18)19/h4-5,9H,6-8H2,1-3H3,(H,18,19). The molecule has 0 aliphatic carbocycles. The summed E-state index contributed by atoms with van der Waals surface area (Å²) in [5.74, 6) is 0.213. The summed E-state index contributed by atoms with van der Waals surface area (Å²) in [6.45, 7) is 8.53. The highest BCUT2D eigenvalue weighted by molar-refractivity contribution is 6.33. The van der Waals surface area contributed by atoms with E-state index in [1.165, 1.54) is 0 Å². The first-order chi connectivity index (χ1) is 8.79. The molecule has 2 rings (SSSR count). The first kappa shape index (κ1) is 14.1.